The van der Waals surface area contributed by atoms with Gasteiger partial charge in [-0.3, -0.25) is 14.0 Å². The van der Waals surface area contributed by atoms with Crippen LogP contribution in [0.25, 0.3) is 0 Å². The van der Waals surface area contributed by atoms with Gasteiger partial charge in [-0.2, -0.15) is 10.2 Å². The smallest absolute Gasteiger partial charge is 0.325 e. The third-order valence-electron chi connectivity index (χ3n) is 5.20. The SMILES string of the molecule is CCn1nc2n(c1=O)CCN(C(=O)Cn1nc(C)cc1C)C2c1ccccc1. The fourth-order valence-electron chi connectivity index (χ4n) is 3.84. The predicted octanol–water partition coefficient (Wildman–Crippen LogP) is 1.51. The molecule has 3 heterocycles. The van der Waals surface area contributed by atoms with Gasteiger partial charge in [-0.25, -0.2) is 9.48 Å². The Morgan fingerprint density at radius 1 is 1.11 bits per heavy atom. The summed E-state index contributed by atoms with van der Waals surface area (Å²) in [6, 6.07) is 11.3. The molecule has 0 fully saturated rings. The first-order valence-electron chi connectivity index (χ1n) is 9.52. The molecule has 0 saturated heterocycles. The first-order chi connectivity index (χ1) is 13.5. The molecule has 28 heavy (non-hydrogen) atoms. The Labute approximate surface area is 163 Å². The van der Waals surface area contributed by atoms with E-state index in [0.29, 0.717) is 25.5 Å². The van der Waals surface area contributed by atoms with Crippen LogP contribution in [0.2, 0.25) is 0 Å². The van der Waals surface area contributed by atoms with E-state index in [1.54, 1.807) is 9.25 Å². The molecule has 0 saturated carbocycles. The number of aromatic nitrogens is 5. The van der Waals surface area contributed by atoms with Gasteiger partial charge in [0.15, 0.2) is 5.82 Å². The van der Waals surface area contributed by atoms with Gasteiger partial charge in [-0.1, -0.05) is 30.3 Å². The largest absolute Gasteiger partial charge is 0.346 e. The summed E-state index contributed by atoms with van der Waals surface area (Å²) in [5, 5.41) is 8.95. The summed E-state index contributed by atoms with van der Waals surface area (Å²) in [4.78, 5) is 27.6. The molecule has 1 aliphatic rings. The molecule has 4 rings (SSSR count). The van der Waals surface area contributed by atoms with Gasteiger partial charge in [-0.15, -0.1) is 0 Å². The van der Waals surface area contributed by atoms with Crippen LogP contribution in [-0.2, 0) is 24.4 Å². The van der Waals surface area contributed by atoms with Gasteiger partial charge in [0.2, 0.25) is 5.91 Å². The van der Waals surface area contributed by atoms with Crippen molar-refractivity contribution in [1.82, 2.24) is 29.0 Å². The van der Waals surface area contributed by atoms with E-state index in [9.17, 15) is 9.59 Å². The molecule has 1 aliphatic heterocycles. The van der Waals surface area contributed by atoms with Crippen LogP contribution in [0, 0.1) is 13.8 Å². The van der Waals surface area contributed by atoms with E-state index in [0.717, 1.165) is 17.0 Å². The van der Waals surface area contributed by atoms with Crippen molar-refractivity contribution >= 4 is 5.91 Å². The van der Waals surface area contributed by atoms with Crippen LogP contribution in [-0.4, -0.2) is 41.5 Å². The molecule has 1 atom stereocenters. The lowest BCUT2D eigenvalue weighted by Crippen LogP contribution is -2.46. The zero-order chi connectivity index (χ0) is 19.8. The van der Waals surface area contributed by atoms with E-state index in [2.05, 4.69) is 10.2 Å². The average molecular weight is 380 g/mol. The Hall–Kier alpha value is -3.16. The van der Waals surface area contributed by atoms with Crippen molar-refractivity contribution in [3.05, 3.63) is 69.7 Å². The summed E-state index contributed by atoms with van der Waals surface area (Å²) in [6.07, 6.45) is 0. The van der Waals surface area contributed by atoms with E-state index >= 15 is 0 Å². The van der Waals surface area contributed by atoms with E-state index in [1.165, 1.54) is 4.68 Å². The molecule has 146 valence electrons. The lowest BCUT2D eigenvalue weighted by Gasteiger charge is -2.35. The summed E-state index contributed by atoms with van der Waals surface area (Å²) in [5.41, 5.74) is 2.66. The minimum absolute atomic E-state index is 0.0372. The number of hydrogen-bond acceptors (Lipinski definition) is 4. The molecule has 0 N–H and O–H groups in total. The Kier molecular flexibility index (Phi) is 4.62. The van der Waals surface area contributed by atoms with Crippen molar-refractivity contribution in [2.45, 2.75) is 46.4 Å². The Balaban J connectivity index is 1.74. The predicted molar refractivity (Wildman–Crippen MR) is 104 cm³/mol. The molecule has 0 aliphatic carbocycles. The second kappa shape index (κ2) is 7.10. The van der Waals surface area contributed by atoms with Crippen LogP contribution in [0.3, 0.4) is 0 Å². The first-order valence-corrected chi connectivity index (χ1v) is 9.52. The standard InChI is InChI=1S/C20H24N6O2/c1-4-25-20(28)24-11-10-23(17(27)13-26-15(3)12-14(2)21-26)18(19(24)22-25)16-8-6-5-7-9-16/h5-9,12,18H,4,10-11,13H2,1-3H3. The van der Waals surface area contributed by atoms with Crippen molar-refractivity contribution in [3.63, 3.8) is 0 Å². The number of benzene rings is 1. The molecule has 8 heteroatoms. The second-order valence-electron chi connectivity index (χ2n) is 7.09. The number of amides is 1. The zero-order valence-electron chi connectivity index (χ0n) is 16.4. The van der Waals surface area contributed by atoms with E-state index in [-0.39, 0.29) is 24.2 Å². The van der Waals surface area contributed by atoms with Crippen molar-refractivity contribution < 1.29 is 4.79 Å². The highest BCUT2D eigenvalue weighted by molar-refractivity contribution is 5.77. The number of rotatable bonds is 4. The van der Waals surface area contributed by atoms with Gasteiger partial charge in [0.05, 0.1) is 5.69 Å². The minimum Gasteiger partial charge on any atom is -0.325 e. The second-order valence-corrected chi connectivity index (χ2v) is 7.09. The lowest BCUT2D eigenvalue weighted by molar-refractivity contribution is -0.134. The van der Waals surface area contributed by atoms with Gasteiger partial charge in [-0.05, 0) is 32.4 Å². The molecule has 3 aromatic rings. The van der Waals surface area contributed by atoms with Gasteiger partial charge in [0.1, 0.15) is 12.6 Å². The van der Waals surface area contributed by atoms with Crippen LogP contribution < -0.4 is 5.69 Å². The van der Waals surface area contributed by atoms with Crippen LogP contribution in [0.1, 0.15) is 35.7 Å². The summed E-state index contributed by atoms with van der Waals surface area (Å²) in [5.74, 6) is 0.579. The number of carbonyl (C=O) groups is 1. The number of nitrogens with zero attached hydrogens (tertiary/aromatic N) is 6. The molecule has 1 unspecified atom stereocenters. The highest BCUT2D eigenvalue weighted by Gasteiger charge is 2.35. The molecular formula is C20H24N6O2. The van der Waals surface area contributed by atoms with Gasteiger partial charge < -0.3 is 4.90 Å². The van der Waals surface area contributed by atoms with E-state index in [1.807, 2.05) is 62.1 Å². The molecule has 1 amide bonds. The summed E-state index contributed by atoms with van der Waals surface area (Å²) in [6.45, 7) is 7.32. The maximum absolute atomic E-state index is 13.2. The molecule has 0 radical (unpaired) electrons. The molecular weight excluding hydrogens is 356 g/mol. The lowest BCUT2D eigenvalue weighted by atomic mass is 10.0. The number of hydrogen-bond donors (Lipinski definition) is 0. The number of carbonyl (C=O) groups excluding carboxylic acids is 1. The van der Waals surface area contributed by atoms with E-state index < -0.39 is 0 Å². The van der Waals surface area contributed by atoms with Crippen LogP contribution >= 0.6 is 0 Å². The maximum Gasteiger partial charge on any atom is 0.346 e. The zero-order valence-corrected chi connectivity index (χ0v) is 16.4. The van der Waals surface area contributed by atoms with Crippen molar-refractivity contribution in [3.8, 4) is 0 Å². The molecule has 1 aromatic carbocycles. The van der Waals surface area contributed by atoms with Gasteiger partial charge in [0.25, 0.3) is 0 Å². The van der Waals surface area contributed by atoms with Crippen molar-refractivity contribution in [2.75, 3.05) is 6.54 Å². The quantitative estimate of drug-likeness (QED) is 0.687. The number of aryl methyl sites for hydroxylation is 3. The first kappa shape index (κ1) is 18.2. The Bertz CT molecular complexity index is 1060. The van der Waals surface area contributed by atoms with Crippen LogP contribution in [0.5, 0.6) is 0 Å². The summed E-state index contributed by atoms with van der Waals surface area (Å²) >= 11 is 0. The molecule has 0 bridgehead atoms. The van der Waals surface area contributed by atoms with Crippen molar-refractivity contribution in [1.29, 1.82) is 0 Å². The van der Waals surface area contributed by atoms with Gasteiger partial charge in [0, 0.05) is 25.3 Å². The third kappa shape index (κ3) is 3.04. The maximum atomic E-state index is 13.2. The Morgan fingerprint density at radius 2 is 1.86 bits per heavy atom. The van der Waals surface area contributed by atoms with E-state index in [4.69, 9.17) is 0 Å². The molecule has 2 aromatic heterocycles. The minimum atomic E-state index is -0.389. The average Bonchev–Trinajstić information content (AvgIpc) is 3.19. The normalized spacial score (nSPS) is 16.2. The fraction of sp³-hybridized carbons (Fsp3) is 0.400. The fourth-order valence-corrected chi connectivity index (χ4v) is 3.84. The monoisotopic (exact) mass is 380 g/mol. The highest BCUT2D eigenvalue weighted by Crippen LogP contribution is 2.30. The third-order valence-corrected chi connectivity index (χ3v) is 5.20. The van der Waals surface area contributed by atoms with Crippen molar-refractivity contribution in [2.24, 2.45) is 0 Å². The summed E-state index contributed by atoms with van der Waals surface area (Å²) < 4.78 is 4.88. The van der Waals surface area contributed by atoms with Crippen LogP contribution in [0.4, 0.5) is 0 Å². The Morgan fingerprint density at radius 3 is 2.50 bits per heavy atom. The van der Waals surface area contributed by atoms with Gasteiger partial charge >= 0.3 is 5.69 Å². The number of fused-ring (bicyclic) bond motifs is 1. The highest BCUT2D eigenvalue weighted by atomic mass is 16.2. The molecule has 0 spiro atoms. The van der Waals surface area contributed by atoms with Crippen LogP contribution in [0.15, 0.2) is 41.2 Å². The molecule has 8 nitrogen and oxygen atoms in total. The topological polar surface area (TPSA) is 78.0 Å². The summed E-state index contributed by atoms with van der Waals surface area (Å²) in [7, 11) is 0.